The molecule has 1 unspecified atom stereocenters. The van der Waals surface area contributed by atoms with E-state index in [4.69, 9.17) is 0 Å². The Kier molecular flexibility index (Phi) is 6.45. The molecule has 1 amide bonds. The van der Waals surface area contributed by atoms with Crippen molar-refractivity contribution < 1.29 is 13.2 Å². The minimum absolute atomic E-state index is 0.156. The van der Waals surface area contributed by atoms with Crippen molar-refractivity contribution in [2.75, 3.05) is 29.0 Å². The summed E-state index contributed by atoms with van der Waals surface area (Å²) in [6.07, 6.45) is 1.67. The number of rotatable bonds is 7. The lowest BCUT2D eigenvalue weighted by Crippen LogP contribution is -2.24. The van der Waals surface area contributed by atoms with E-state index in [0.29, 0.717) is 12.1 Å². The van der Waals surface area contributed by atoms with E-state index in [-0.39, 0.29) is 11.9 Å². The lowest BCUT2D eigenvalue weighted by molar-refractivity contribution is -0.130. The maximum Gasteiger partial charge on any atom is 0.240 e. The van der Waals surface area contributed by atoms with Gasteiger partial charge in [0.05, 0.1) is 18.0 Å². The first-order valence-electron chi connectivity index (χ1n) is 10.0. The second-order valence-electron chi connectivity index (χ2n) is 7.35. The van der Waals surface area contributed by atoms with Crippen molar-refractivity contribution in [2.24, 2.45) is 5.10 Å². The van der Waals surface area contributed by atoms with Crippen molar-refractivity contribution in [3.63, 3.8) is 0 Å². The molecule has 0 saturated carbocycles. The summed E-state index contributed by atoms with van der Waals surface area (Å²) < 4.78 is 25.6. The molecule has 2 aromatic rings. The highest BCUT2D eigenvalue weighted by atomic mass is 32.2. The van der Waals surface area contributed by atoms with Crippen molar-refractivity contribution in [2.45, 2.75) is 33.2 Å². The second-order valence-corrected chi connectivity index (χ2v) is 9.10. The lowest BCUT2D eigenvalue weighted by Gasteiger charge is -2.21. The Morgan fingerprint density at radius 2 is 1.83 bits per heavy atom. The number of carbonyl (C=O) groups excluding carboxylic acids is 1. The first kappa shape index (κ1) is 21.8. The Morgan fingerprint density at radius 1 is 1.17 bits per heavy atom. The van der Waals surface area contributed by atoms with Gasteiger partial charge in [0.15, 0.2) is 0 Å². The Balaban J connectivity index is 1.87. The number of anilines is 2. The molecule has 1 atom stereocenters. The maximum atomic E-state index is 12.2. The molecule has 0 fully saturated rings. The minimum atomic E-state index is -3.38. The van der Waals surface area contributed by atoms with E-state index >= 15 is 0 Å². The summed E-state index contributed by atoms with van der Waals surface area (Å²) in [5, 5.41) is 6.06. The van der Waals surface area contributed by atoms with Crippen LogP contribution in [0.5, 0.6) is 0 Å². The minimum Gasteiger partial charge on any atom is -0.372 e. The van der Waals surface area contributed by atoms with Crippen LogP contribution >= 0.6 is 0 Å². The average molecular weight is 429 g/mol. The number of amides is 1. The van der Waals surface area contributed by atoms with Gasteiger partial charge in [-0.05, 0) is 49.2 Å². The summed E-state index contributed by atoms with van der Waals surface area (Å²) in [5.74, 6) is -0.156. The molecular weight excluding hydrogens is 400 g/mol. The van der Waals surface area contributed by atoms with E-state index in [1.165, 1.54) is 11.9 Å². The molecule has 3 rings (SSSR count). The quantitative estimate of drug-likeness (QED) is 0.730. The number of nitrogens with zero attached hydrogens (tertiary/aromatic N) is 3. The molecule has 0 aromatic heterocycles. The van der Waals surface area contributed by atoms with E-state index in [1.54, 1.807) is 18.2 Å². The molecule has 2 aromatic carbocycles. The number of nitrogens with one attached hydrogen (secondary N) is 1. The van der Waals surface area contributed by atoms with Crippen molar-refractivity contribution in [3.8, 4) is 0 Å². The van der Waals surface area contributed by atoms with Gasteiger partial charge in [-0.1, -0.05) is 24.3 Å². The van der Waals surface area contributed by atoms with Crippen molar-refractivity contribution in [1.82, 2.24) is 5.01 Å². The van der Waals surface area contributed by atoms with Crippen LogP contribution in [0.15, 0.2) is 53.6 Å². The summed E-state index contributed by atoms with van der Waals surface area (Å²) in [6, 6.07) is 15.0. The van der Waals surface area contributed by atoms with Gasteiger partial charge in [-0.25, -0.2) is 13.4 Å². The third-order valence-electron chi connectivity index (χ3n) is 5.14. The van der Waals surface area contributed by atoms with Crippen molar-refractivity contribution in [3.05, 3.63) is 59.7 Å². The van der Waals surface area contributed by atoms with Gasteiger partial charge < -0.3 is 4.90 Å². The zero-order valence-corrected chi connectivity index (χ0v) is 18.6. The van der Waals surface area contributed by atoms with Gasteiger partial charge in [-0.15, -0.1) is 0 Å². The van der Waals surface area contributed by atoms with Crippen LogP contribution in [0.1, 0.15) is 44.4 Å². The van der Waals surface area contributed by atoms with Crippen LogP contribution in [-0.2, 0) is 14.8 Å². The summed E-state index contributed by atoms with van der Waals surface area (Å²) in [5.41, 5.74) is 4.27. The van der Waals surface area contributed by atoms with Gasteiger partial charge in [0.25, 0.3) is 0 Å². The summed E-state index contributed by atoms with van der Waals surface area (Å²) in [7, 11) is -3.38. The maximum absolute atomic E-state index is 12.2. The lowest BCUT2D eigenvalue weighted by atomic mass is 9.98. The molecule has 1 heterocycles. The highest BCUT2D eigenvalue weighted by Crippen LogP contribution is 2.34. The zero-order chi connectivity index (χ0) is 21.9. The second kappa shape index (κ2) is 8.87. The smallest absolute Gasteiger partial charge is 0.240 e. The first-order chi connectivity index (χ1) is 14.2. The molecule has 0 radical (unpaired) electrons. The molecule has 1 aliphatic rings. The van der Waals surface area contributed by atoms with Crippen LogP contribution < -0.4 is 9.62 Å². The Labute approximate surface area is 178 Å². The van der Waals surface area contributed by atoms with Gasteiger partial charge in [-0.2, -0.15) is 5.10 Å². The molecule has 30 heavy (non-hydrogen) atoms. The fourth-order valence-electron chi connectivity index (χ4n) is 3.71. The topological polar surface area (TPSA) is 82.1 Å². The Bertz CT molecular complexity index is 1040. The van der Waals surface area contributed by atoms with Crippen LogP contribution in [0.2, 0.25) is 0 Å². The SMILES string of the molecule is CCN(CC)c1ccc(C2=NN(C(C)=O)C(c3cccc(NS(C)(=O)=O)c3)C2)cc1. The van der Waals surface area contributed by atoms with E-state index in [0.717, 1.165) is 41.9 Å². The number of hydrogen-bond donors (Lipinski definition) is 1. The monoisotopic (exact) mass is 428 g/mol. The van der Waals surface area contributed by atoms with E-state index < -0.39 is 10.0 Å². The molecule has 0 aliphatic carbocycles. The van der Waals surface area contributed by atoms with Crippen LogP contribution in [-0.4, -0.2) is 44.4 Å². The molecule has 8 heteroatoms. The van der Waals surface area contributed by atoms with Crippen LogP contribution in [0, 0.1) is 0 Å². The Hall–Kier alpha value is -2.87. The normalized spacial score (nSPS) is 16.3. The van der Waals surface area contributed by atoms with Crippen molar-refractivity contribution >= 4 is 33.0 Å². The summed E-state index contributed by atoms with van der Waals surface area (Å²) in [4.78, 5) is 14.5. The van der Waals surface area contributed by atoms with E-state index in [1.807, 2.05) is 18.2 Å². The molecule has 7 nitrogen and oxygen atoms in total. The fraction of sp³-hybridized carbons (Fsp3) is 0.364. The molecule has 0 spiro atoms. The van der Waals surface area contributed by atoms with E-state index in [2.05, 4.69) is 40.7 Å². The van der Waals surface area contributed by atoms with Gasteiger partial charge in [-0.3, -0.25) is 9.52 Å². The summed E-state index contributed by atoms with van der Waals surface area (Å²) in [6.45, 7) is 7.62. The number of carbonyl (C=O) groups is 1. The van der Waals surface area contributed by atoms with Crippen LogP contribution in [0.25, 0.3) is 0 Å². The largest absolute Gasteiger partial charge is 0.372 e. The van der Waals surface area contributed by atoms with Gasteiger partial charge >= 0.3 is 0 Å². The molecule has 0 saturated heterocycles. The number of hydrazone groups is 1. The standard InChI is InChI=1S/C22H28N4O3S/c1-5-25(6-2)20-12-10-17(11-13-20)21-15-22(26(23-21)16(3)27)18-8-7-9-19(14-18)24-30(4,28)29/h7-14,22,24H,5-6,15H2,1-4H3. The van der Waals surface area contributed by atoms with E-state index in [9.17, 15) is 13.2 Å². The average Bonchev–Trinajstić information content (AvgIpc) is 3.14. The molecule has 160 valence electrons. The zero-order valence-electron chi connectivity index (χ0n) is 17.8. The molecular formula is C22H28N4O3S. The predicted octanol–water partition coefficient (Wildman–Crippen LogP) is 3.60. The Morgan fingerprint density at radius 3 is 2.40 bits per heavy atom. The predicted molar refractivity (Wildman–Crippen MR) is 121 cm³/mol. The van der Waals surface area contributed by atoms with Crippen molar-refractivity contribution in [1.29, 1.82) is 0 Å². The number of hydrogen-bond acceptors (Lipinski definition) is 5. The van der Waals surface area contributed by atoms with Crippen LogP contribution in [0.3, 0.4) is 0 Å². The third kappa shape index (κ3) is 4.99. The number of benzene rings is 2. The third-order valence-corrected chi connectivity index (χ3v) is 5.74. The molecule has 1 N–H and O–H groups in total. The highest BCUT2D eigenvalue weighted by Gasteiger charge is 2.31. The highest BCUT2D eigenvalue weighted by molar-refractivity contribution is 7.92. The van der Waals surface area contributed by atoms with Gasteiger partial charge in [0.1, 0.15) is 0 Å². The fourth-order valence-corrected chi connectivity index (χ4v) is 4.27. The van der Waals surface area contributed by atoms with Gasteiger partial charge in [0.2, 0.25) is 15.9 Å². The van der Waals surface area contributed by atoms with Crippen LogP contribution in [0.4, 0.5) is 11.4 Å². The van der Waals surface area contributed by atoms with Gasteiger partial charge in [0, 0.05) is 37.8 Å². The number of sulfonamides is 1. The molecule has 0 bridgehead atoms. The molecule has 1 aliphatic heterocycles. The first-order valence-corrected chi connectivity index (χ1v) is 11.9. The summed E-state index contributed by atoms with van der Waals surface area (Å²) >= 11 is 0.